The minimum atomic E-state index is -0.430. The summed E-state index contributed by atoms with van der Waals surface area (Å²) in [5, 5.41) is 0. The molecule has 0 spiro atoms. The molecule has 1 unspecified atom stereocenters. The van der Waals surface area contributed by atoms with E-state index in [9.17, 15) is 4.39 Å². The summed E-state index contributed by atoms with van der Waals surface area (Å²) < 4.78 is 11.7. The summed E-state index contributed by atoms with van der Waals surface area (Å²) in [5.41, 5.74) is 5.27. The zero-order chi connectivity index (χ0) is 8.04. The van der Waals surface area contributed by atoms with Crippen molar-refractivity contribution in [3.63, 3.8) is 0 Å². The molecule has 0 fully saturated rings. The molecule has 0 saturated carbocycles. The van der Waals surface area contributed by atoms with Gasteiger partial charge in [0.05, 0.1) is 6.67 Å². The number of halogens is 1. The van der Waals surface area contributed by atoms with E-state index in [0.29, 0.717) is 12.8 Å². The molecule has 0 aliphatic rings. The standard InChI is InChI=1S/C7H15FN2/c1-7(9,6-10-2)4-3-5-8/h6H,3-5,9H2,1-2H3/b10-6+. The van der Waals surface area contributed by atoms with E-state index < -0.39 is 5.54 Å². The van der Waals surface area contributed by atoms with E-state index in [1.165, 1.54) is 0 Å². The second-order valence-electron chi connectivity index (χ2n) is 2.69. The topological polar surface area (TPSA) is 38.4 Å². The van der Waals surface area contributed by atoms with E-state index >= 15 is 0 Å². The molecule has 0 aliphatic carbocycles. The SMILES string of the molecule is C/N=C/C(C)(N)CCCF. The Kier molecular flexibility index (Phi) is 4.19. The second-order valence-corrected chi connectivity index (χ2v) is 2.69. The van der Waals surface area contributed by atoms with Crippen LogP contribution >= 0.6 is 0 Å². The van der Waals surface area contributed by atoms with Crippen molar-refractivity contribution < 1.29 is 4.39 Å². The number of nitrogens with two attached hydrogens (primary N) is 1. The Morgan fingerprint density at radius 1 is 1.70 bits per heavy atom. The first-order chi connectivity index (χ1) is 4.62. The largest absolute Gasteiger partial charge is 0.321 e. The van der Waals surface area contributed by atoms with Gasteiger partial charge in [-0.25, -0.2) is 0 Å². The first-order valence-corrected chi connectivity index (χ1v) is 3.40. The predicted octanol–water partition coefficient (Wildman–Crippen LogP) is 1.15. The Balaban J connectivity index is 3.63. The van der Waals surface area contributed by atoms with E-state index in [0.717, 1.165) is 0 Å². The van der Waals surface area contributed by atoms with Crippen LogP contribution in [0.2, 0.25) is 0 Å². The average Bonchev–Trinajstić information content (AvgIpc) is 1.84. The van der Waals surface area contributed by atoms with Gasteiger partial charge in [0.25, 0.3) is 0 Å². The molecule has 10 heavy (non-hydrogen) atoms. The van der Waals surface area contributed by atoms with Crippen molar-refractivity contribution in [1.29, 1.82) is 0 Å². The molecule has 60 valence electrons. The van der Waals surface area contributed by atoms with Gasteiger partial charge in [-0.05, 0) is 19.8 Å². The van der Waals surface area contributed by atoms with Crippen LogP contribution in [0, 0.1) is 0 Å². The lowest BCUT2D eigenvalue weighted by Gasteiger charge is -2.17. The van der Waals surface area contributed by atoms with Crippen LogP contribution in [0.1, 0.15) is 19.8 Å². The number of hydrogen-bond acceptors (Lipinski definition) is 2. The van der Waals surface area contributed by atoms with Crippen molar-refractivity contribution >= 4 is 6.21 Å². The second kappa shape index (κ2) is 4.39. The van der Waals surface area contributed by atoms with Crippen LogP contribution in [-0.4, -0.2) is 25.5 Å². The summed E-state index contributed by atoms with van der Waals surface area (Å²) in [6.45, 7) is 1.54. The molecule has 0 radical (unpaired) electrons. The van der Waals surface area contributed by atoms with Crippen molar-refractivity contribution in [2.75, 3.05) is 13.7 Å². The number of nitrogens with zero attached hydrogens (tertiary/aromatic N) is 1. The lowest BCUT2D eigenvalue weighted by Crippen LogP contribution is -2.37. The van der Waals surface area contributed by atoms with E-state index in [2.05, 4.69) is 4.99 Å². The van der Waals surface area contributed by atoms with E-state index in [1.54, 1.807) is 13.3 Å². The lowest BCUT2D eigenvalue weighted by atomic mass is 9.99. The fourth-order valence-electron chi connectivity index (χ4n) is 0.807. The third-order valence-electron chi connectivity index (χ3n) is 1.27. The first-order valence-electron chi connectivity index (χ1n) is 3.40. The molecule has 0 bridgehead atoms. The molecule has 0 aromatic heterocycles. The predicted molar refractivity (Wildman–Crippen MR) is 42.2 cm³/mol. The summed E-state index contributed by atoms with van der Waals surface area (Å²) >= 11 is 0. The molecule has 2 nitrogen and oxygen atoms in total. The maximum absolute atomic E-state index is 11.7. The lowest BCUT2D eigenvalue weighted by molar-refractivity contribution is 0.430. The summed E-state index contributed by atoms with van der Waals surface area (Å²) in [6, 6.07) is 0. The molecule has 2 N–H and O–H groups in total. The molecule has 0 aromatic carbocycles. The highest BCUT2D eigenvalue weighted by molar-refractivity contribution is 5.68. The maximum Gasteiger partial charge on any atom is 0.0895 e. The maximum atomic E-state index is 11.7. The van der Waals surface area contributed by atoms with Crippen molar-refractivity contribution in [1.82, 2.24) is 0 Å². The van der Waals surface area contributed by atoms with Crippen LogP contribution in [-0.2, 0) is 0 Å². The highest BCUT2D eigenvalue weighted by atomic mass is 19.1. The van der Waals surface area contributed by atoms with Gasteiger partial charge in [0.15, 0.2) is 0 Å². The summed E-state index contributed by atoms with van der Waals surface area (Å²) in [6.07, 6.45) is 2.82. The normalized spacial score (nSPS) is 17.6. The molecule has 0 rings (SSSR count). The number of rotatable bonds is 4. The number of aliphatic imine (C=N–C) groups is 1. The van der Waals surface area contributed by atoms with E-state index in [-0.39, 0.29) is 6.67 Å². The van der Waals surface area contributed by atoms with Crippen molar-refractivity contribution in [3.05, 3.63) is 0 Å². The molecular formula is C7H15FN2. The van der Waals surface area contributed by atoms with Crippen LogP contribution in [0.4, 0.5) is 4.39 Å². The Morgan fingerprint density at radius 2 is 2.30 bits per heavy atom. The fraction of sp³-hybridized carbons (Fsp3) is 0.857. The van der Waals surface area contributed by atoms with Gasteiger partial charge in [-0.1, -0.05) is 0 Å². The van der Waals surface area contributed by atoms with Crippen molar-refractivity contribution in [2.24, 2.45) is 10.7 Å². The van der Waals surface area contributed by atoms with Gasteiger partial charge in [0.1, 0.15) is 0 Å². The van der Waals surface area contributed by atoms with Crippen LogP contribution in [0.15, 0.2) is 4.99 Å². The van der Waals surface area contributed by atoms with Crippen molar-refractivity contribution in [3.8, 4) is 0 Å². The van der Waals surface area contributed by atoms with Crippen LogP contribution in [0.3, 0.4) is 0 Å². The molecule has 0 heterocycles. The van der Waals surface area contributed by atoms with E-state index in [1.807, 2.05) is 6.92 Å². The monoisotopic (exact) mass is 146 g/mol. The van der Waals surface area contributed by atoms with Gasteiger partial charge in [-0.15, -0.1) is 0 Å². The third-order valence-corrected chi connectivity index (χ3v) is 1.27. The third kappa shape index (κ3) is 4.44. The number of alkyl halides is 1. The van der Waals surface area contributed by atoms with Gasteiger partial charge in [-0.2, -0.15) is 0 Å². The molecule has 0 aliphatic heterocycles. The smallest absolute Gasteiger partial charge is 0.0895 e. The fourth-order valence-corrected chi connectivity index (χ4v) is 0.807. The molecule has 0 saturated heterocycles. The van der Waals surface area contributed by atoms with E-state index in [4.69, 9.17) is 5.73 Å². The number of hydrogen-bond donors (Lipinski definition) is 1. The molecule has 0 amide bonds. The van der Waals surface area contributed by atoms with Gasteiger partial charge < -0.3 is 5.73 Å². The highest BCUT2D eigenvalue weighted by Crippen LogP contribution is 2.05. The van der Waals surface area contributed by atoms with Gasteiger partial charge in [0, 0.05) is 18.8 Å². The quantitative estimate of drug-likeness (QED) is 0.594. The first kappa shape index (κ1) is 9.56. The van der Waals surface area contributed by atoms with Crippen LogP contribution < -0.4 is 5.73 Å². The molecule has 1 atom stereocenters. The zero-order valence-corrected chi connectivity index (χ0v) is 6.60. The van der Waals surface area contributed by atoms with Crippen LogP contribution in [0.25, 0.3) is 0 Å². The van der Waals surface area contributed by atoms with Crippen LogP contribution in [0.5, 0.6) is 0 Å². The Morgan fingerprint density at radius 3 is 2.70 bits per heavy atom. The van der Waals surface area contributed by atoms with Gasteiger partial charge >= 0.3 is 0 Å². The van der Waals surface area contributed by atoms with Gasteiger partial charge in [-0.3, -0.25) is 9.38 Å². The van der Waals surface area contributed by atoms with Crippen molar-refractivity contribution in [2.45, 2.75) is 25.3 Å². The summed E-state index contributed by atoms with van der Waals surface area (Å²) in [5.74, 6) is 0. The van der Waals surface area contributed by atoms with Gasteiger partial charge in [0.2, 0.25) is 0 Å². The molecular weight excluding hydrogens is 131 g/mol. The Bertz CT molecular complexity index is 110. The Labute approximate surface area is 61.3 Å². The molecule has 0 aromatic rings. The molecule has 3 heteroatoms. The summed E-state index contributed by atoms with van der Waals surface area (Å²) in [4.78, 5) is 3.79. The highest BCUT2D eigenvalue weighted by Gasteiger charge is 2.13. The minimum absolute atomic E-state index is 0.301. The summed E-state index contributed by atoms with van der Waals surface area (Å²) in [7, 11) is 1.67. The average molecular weight is 146 g/mol. The Hall–Kier alpha value is -0.440. The minimum Gasteiger partial charge on any atom is -0.321 e. The zero-order valence-electron chi connectivity index (χ0n) is 6.60.